The molecule has 0 radical (unpaired) electrons. The van der Waals surface area contributed by atoms with Gasteiger partial charge in [-0.2, -0.15) is 0 Å². The largest absolute Gasteiger partial charge is 0.369 e. The molecule has 0 bridgehead atoms. The first-order valence-electron chi connectivity index (χ1n) is 5.35. The molecule has 2 heteroatoms. The van der Waals surface area contributed by atoms with E-state index < -0.39 is 6.23 Å². The predicted molar refractivity (Wildman–Crippen MR) is 62.4 cm³/mol. The fraction of sp³-hybridized carbons (Fsp3) is 0.385. The summed E-state index contributed by atoms with van der Waals surface area (Å²) in [5.74, 6) is 0.433. The average Bonchev–Trinajstić information content (AvgIpc) is 2.18. The van der Waals surface area contributed by atoms with Gasteiger partial charge in [-0.15, -0.1) is 0 Å². The van der Waals surface area contributed by atoms with Crippen molar-refractivity contribution in [1.82, 2.24) is 5.32 Å². The van der Waals surface area contributed by atoms with Crippen molar-refractivity contribution in [3.63, 3.8) is 0 Å². The van der Waals surface area contributed by atoms with Crippen molar-refractivity contribution in [3.8, 4) is 0 Å². The second-order valence-electron chi connectivity index (χ2n) is 4.36. The summed E-state index contributed by atoms with van der Waals surface area (Å²) in [4.78, 5) is 0. The summed E-state index contributed by atoms with van der Waals surface area (Å²) in [7, 11) is 0. The number of aliphatic hydroxyl groups is 1. The summed E-state index contributed by atoms with van der Waals surface area (Å²) >= 11 is 0. The lowest BCUT2D eigenvalue weighted by molar-refractivity contribution is 0.153. The smallest absolute Gasteiger partial charge is 0.151 e. The van der Waals surface area contributed by atoms with E-state index in [1.54, 1.807) is 6.20 Å². The van der Waals surface area contributed by atoms with Crippen LogP contribution in [0.2, 0.25) is 0 Å². The first kappa shape index (κ1) is 10.2. The van der Waals surface area contributed by atoms with Gasteiger partial charge in [0.05, 0.1) is 0 Å². The van der Waals surface area contributed by atoms with Crippen LogP contribution in [-0.4, -0.2) is 5.11 Å². The molecule has 2 rings (SSSR count). The number of aliphatic hydroxyl groups excluding tert-OH is 1. The number of hydrogen-bond donors (Lipinski definition) is 2. The van der Waals surface area contributed by atoms with Crippen molar-refractivity contribution in [2.45, 2.75) is 32.9 Å². The van der Waals surface area contributed by atoms with E-state index in [4.69, 9.17) is 0 Å². The minimum absolute atomic E-state index is 0.433. The van der Waals surface area contributed by atoms with Gasteiger partial charge in [0.2, 0.25) is 0 Å². The van der Waals surface area contributed by atoms with Crippen LogP contribution in [0, 0.1) is 6.92 Å². The summed E-state index contributed by atoms with van der Waals surface area (Å²) in [5, 5.41) is 12.9. The molecule has 15 heavy (non-hydrogen) atoms. The van der Waals surface area contributed by atoms with Gasteiger partial charge in [0, 0.05) is 5.56 Å². The van der Waals surface area contributed by atoms with Gasteiger partial charge in [-0.25, -0.2) is 0 Å². The first-order valence-corrected chi connectivity index (χ1v) is 5.35. The van der Waals surface area contributed by atoms with Crippen LogP contribution < -0.4 is 5.32 Å². The highest BCUT2D eigenvalue weighted by Crippen LogP contribution is 2.32. The van der Waals surface area contributed by atoms with Gasteiger partial charge in [-0.05, 0) is 41.8 Å². The summed E-state index contributed by atoms with van der Waals surface area (Å²) in [6, 6.07) is 4.19. The minimum Gasteiger partial charge on any atom is -0.369 e. The van der Waals surface area contributed by atoms with Gasteiger partial charge in [-0.1, -0.05) is 26.0 Å². The third kappa shape index (κ3) is 1.65. The molecule has 1 aromatic carbocycles. The molecule has 0 aromatic heterocycles. The lowest BCUT2D eigenvalue weighted by atomic mass is 9.87. The number of hydrogen-bond acceptors (Lipinski definition) is 2. The standard InChI is InChI=1S/C13H17NO/c1-8(2)11-9(3)4-5-10-6-7-14-13(15)12(10)11/h4-8,13-15H,1-3H3. The molecule has 0 amide bonds. The topological polar surface area (TPSA) is 32.3 Å². The van der Waals surface area contributed by atoms with E-state index in [0.29, 0.717) is 5.92 Å². The third-order valence-corrected chi connectivity index (χ3v) is 2.91. The Morgan fingerprint density at radius 2 is 2.07 bits per heavy atom. The van der Waals surface area contributed by atoms with Crippen LogP contribution in [0.1, 0.15) is 48.2 Å². The molecule has 1 unspecified atom stereocenters. The van der Waals surface area contributed by atoms with Crippen molar-refractivity contribution < 1.29 is 5.11 Å². The Morgan fingerprint density at radius 1 is 1.33 bits per heavy atom. The fourth-order valence-electron chi connectivity index (χ4n) is 2.29. The van der Waals surface area contributed by atoms with Crippen molar-refractivity contribution in [1.29, 1.82) is 0 Å². The zero-order chi connectivity index (χ0) is 11.0. The zero-order valence-corrected chi connectivity index (χ0v) is 9.41. The number of rotatable bonds is 1. The number of fused-ring (bicyclic) bond motifs is 1. The third-order valence-electron chi connectivity index (χ3n) is 2.91. The molecule has 1 aliphatic heterocycles. The molecular weight excluding hydrogens is 186 g/mol. The summed E-state index contributed by atoms with van der Waals surface area (Å²) < 4.78 is 0. The Bertz CT molecular complexity index is 407. The molecule has 0 spiro atoms. The Hall–Kier alpha value is -1.28. The number of nitrogens with one attached hydrogen (secondary N) is 1. The molecule has 0 fully saturated rings. The lowest BCUT2D eigenvalue weighted by Crippen LogP contribution is -2.21. The minimum atomic E-state index is -0.567. The van der Waals surface area contributed by atoms with Crippen LogP contribution in [0.25, 0.3) is 6.08 Å². The van der Waals surface area contributed by atoms with Crippen molar-refractivity contribution in [2.24, 2.45) is 0 Å². The molecule has 80 valence electrons. The van der Waals surface area contributed by atoms with Gasteiger partial charge in [-0.3, -0.25) is 0 Å². The molecule has 0 saturated heterocycles. The molecule has 2 N–H and O–H groups in total. The Kier molecular flexibility index (Phi) is 2.53. The van der Waals surface area contributed by atoms with E-state index in [0.717, 1.165) is 11.1 Å². The predicted octanol–water partition coefficient (Wildman–Crippen LogP) is 2.68. The van der Waals surface area contributed by atoms with Gasteiger partial charge in [0.25, 0.3) is 0 Å². The second kappa shape index (κ2) is 3.70. The molecular formula is C13H17NO. The molecule has 1 aromatic rings. The Balaban J connectivity index is 2.67. The van der Waals surface area contributed by atoms with Crippen LogP contribution in [0.3, 0.4) is 0 Å². The van der Waals surface area contributed by atoms with Crippen LogP contribution in [0.5, 0.6) is 0 Å². The molecule has 1 aliphatic rings. The van der Waals surface area contributed by atoms with Crippen LogP contribution in [-0.2, 0) is 0 Å². The molecule has 0 aliphatic carbocycles. The van der Waals surface area contributed by atoms with Crippen molar-refractivity contribution in [3.05, 3.63) is 40.6 Å². The summed E-state index contributed by atoms with van der Waals surface area (Å²) in [6.45, 7) is 6.42. The molecule has 1 atom stereocenters. The van der Waals surface area contributed by atoms with Crippen LogP contribution in [0.15, 0.2) is 18.3 Å². The monoisotopic (exact) mass is 203 g/mol. The van der Waals surface area contributed by atoms with Crippen molar-refractivity contribution >= 4 is 6.08 Å². The highest BCUT2D eigenvalue weighted by molar-refractivity contribution is 5.60. The quantitative estimate of drug-likeness (QED) is 0.735. The van der Waals surface area contributed by atoms with Crippen LogP contribution >= 0.6 is 0 Å². The molecule has 0 saturated carbocycles. The summed E-state index contributed by atoms with van der Waals surface area (Å²) in [5.41, 5.74) is 4.67. The van der Waals surface area contributed by atoms with E-state index >= 15 is 0 Å². The highest BCUT2D eigenvalue weighted by atomic mass is 16.3. The van der Waals surface area contributed by atoms with Gasteiger partial charge < -0.3 is 10.4 Å². The van der Waals surface area contributed by atoms with E-state index in [9.17, 15) is 5.11 Å². The van der Waals surface area contributed by atoms with Gasteiger partial charge in [0.15, 0.2) is 6.23 Å². The Morgan fingerprint density at radius 3 is 2.73 bits per heavy atom. The van der Waals surface area contributed by atoms with Crippen LogP contribution in [0.4, 0.5) is 0 Å². The zero-order valence-electron chi connectivity index (χ0n) is 9.41. The van der Waals surface area contributed by atoms with E-state index in [-0.39, 0.29) is 0 Å². The van der Waals surface area contributed by atoms with Crippen molar-refractivity contribution in [2.75, 3.05) is 0 Å². The maximum Gasteiger partial charge on any atom is 0.151 e. The molecule has 1 heterocycles. The van der Waals surface area contributed by atoms with E-state index in [1.807, 2.05) is 6.08 Å². The number of aryl methyl sites for hydroxylation is 1. The highest BCUT2D eigenvalue weighted by Gasteiger charge is 2.20. The average molecular weight is 203 g/mol. The Labute approximate surface area is 90.6 Å². The van der Waals surface area contributed by atoms with Gasteiger partial charge >= 0.3 is 0 Å². The lowest BCUT2D eigenvalue weighted by Gasteiger charge is -2.25. The maximum atomic E-state index is 9.95. The SMILES string of the molecule is Cc1ccc2c(c1C(C)C)C(O)NC=C2. The fourth-order valence-corrected chi connectivity index (χ4v) is 2.29. The second-order valence-corrected chi connectivity index (χ2v) is 4.36. The maximum absolute atomic E-state index is 9.95. The number of benzene rings is 1. The first-order chi connectivity index (χ1) is 7.11. The van der Waals surface area contributed by atoms with Gasteiger partial charge in [0.1, 0.15) is 0 Å². The summed E-state index contributed by atoms with van der Waals surface area (Å²) in [6.07, 6.45) is 3.24. The normalized spacial score (nSPS) is 18.9. The molecule has 2 nitrogen and oxygen atoms in total. The van der Waals surface area contributed by atoms with E-state index in [2.05, 4.69) is 38.2 Å². The van der Waals surface area contributed by atoms with E-state index in [1.165, 1.54) is 11.1 Å².